The summed E-state index contributed by atoms with van der Waals surface area (Å²) in [6.07, 6.45) is 5.42. The van der Waals surface area contributed by atoms with E-state index >= 15 is 0 Å². The van der Waals surface area contributed by atoms with Gasteiger partial charge >= 0.3 is 0 Å². The van der Waals surface area contributed by atoms with Crippen LogP contribution in [0.15, 0.2) is 17.4 Å². The molecule has 8 nitrogen and oxygen atoms in total. The Labute approximate surface area is 172 Å². The minimum Gasteiger partial charge on any atom is -0.368 e. The van der Waals surface area contributed by atoms with Gasteiger partial charge in [-0.3, -0.25) is 9.79 Å². The van der Waals surface area contributed by atoms with Crippen molar-refractivity contribution in [1.82, 2.24) is 24.7 Å². The number of nitrogens with zero attached hydrogens (tertiary/aromatic N) is 5. The predicted octanol–water partition coefficient (Wildman–Crippen LogP) is 0.708. The van der Waals surface area contributed by atoms with Gasteiger partial charge in [0.25, 0.3) is 5.91 Å². The quantitative estimate of drug-likeness (QED) is 0.394. The van der Waals surface area contributed by atoms with Gasteiger partial charge in [-0.05, 0) is 19.8 Å². The van der Waals surface area contributed by atoms with E-state index in [0.29, 0.717) is 6.61 Å². The molecular weight excluding hydrogens is 447 g/mol. The van der Waals surface area contributed by atoms with Gasteiger partial charge in [-0.25, -0.2) is 4.98 Å². The van der Waals surface area contributed by atoms with Crippen molar-refractivity contribution in [3.63, 3.8) is 0 Å². The molecule has 1 aromatic heterocycles. The zero-order valence-corrected chi connectivity index (χ0v) is 17.9. The molecule has 2 saturated heterocycles. The van der Waals surface area contributed by atoms with E-state index in [-0.39, 0.29) is 36.0 Å². The van der Waals surface area contributed by atoms with Crippen molar-refractivity contribution in [1.29, 1.82) is 0 Å². The number of aromatic nitrogens is 2. The monoisotopic (exact) mass is 476 g/mol. The largest absolute Gasteiger partial charge is 0.368 e. The van der Waals surface area contributed by atoms with Crippen LogP contribution in [0.25, 0.3) is 0 Å². The van der Waals surface area contributed by atoms with E-state index in [9.17, 15) is 4.79 Å². The van der Waals surface area contributed by atoms with E-state index in [1.165, 1.54) is 0 Å². The van der Waals surface area contributed by atoms with E-state index in [0.717, 1.165) is 63.9 Å². The summed E-state index contributed by atoms with van der Waals surface area (Å²) in [5, 5.41) is 3.40. The maximum Gasteiger partial charge on any atom is 0.251 e. The van der Waals surface area contributed by atoms with Gasteiger partial charge in [0, 0.05) is 65.3 Å². The number of hydrogen-bond acceptors (Lipinski definition) is 4. The highest BCUT2D eigenvalue weighted by atomic mass is 127. The molecule has 0 aliphatic carbocycles. The van der Waals surface area contributed by atoms with Gasteiger partial charge in [-0.2, -0.15) is 0 Å². The fourth-order valence-corrected chi connectivity index (χ4v) is 3.38. The molecule has 1 atom stereocenters. The summed E-state index contributed by atoms with van der Waals surface area (Å²) in [5.74, 6) is 2.05. The third-order valence-electron chi connectivity index (χ3n) is 4.87. The van der Waals surface area contributed by atoms with Gasteiger partial charge < -0.3 is 24.4 Å². The van der Waals surface area contributed by atoms with E-state index in [1.807, 2.05) is 24.2 Å². The molecule has 0 bridgehead atoms. The highest BCUT2D eigenvalue weighted by Crippen LogP contribution is 2.16. The third kappa shape index (κ3) is 5.09. The van der Waals surface area contributed by atoms with E-state index < -0.39 is 0 Å². The molecule has 1 amide bonds. The Morgan fingerprint density at radius 2 is 2.08 bits per heavy atom. The number of halogens is 1. The molecule has 2 fully saturated rings. The Hall–Kier alpha value is -1.36. The molecule has 0 saturated carbocycles. The fraction of sp³-hybridized carbons (Fsp3) is 0.706. The predicted molar refractivity (Wildman–Crippen MR) is 111 cm³/mol. The number of carbonyl (C=O) groups is 1. The lowest BCUT2D eigenvalue weighted by molar-refractivity contribution is -0.142. The maximum absolute atomic E-state index is 12.4. The second-order valence-corrected chi connectivity index (χ2v) is 6.46. The molecule has 3 heterocycles. The number of aryl methyl sites for hydroxylation is 1. The summed E-state index contributed by atoms with van der Waals surface area (Å²) in [5.41, 5.74) is 0. The average Bonchev–Trinajstić information content (AvgIpc) is 3.31. The molecule has 0 spiro atoms. The molecule has 0 aromatic carbocycles. The van der Waals surface area contributed by atoms with Gasteiger partial charge in [-0.1, -0.05) is 0 Å². The zero-order valence-electron chi connectivity index (χ0n) is 15.6. The number of piperazine rings is 1. The van der Waals surface area contributed by atoms with Gasteiger partial charge in [0.2, 0.25) is 0 Å². The van der Waals surface area contributed by atoms with Crippen molar-refractivity contribution < 1.29 is 9.53 Å². The summed E-state index contributed by atoms with van der Waals surface area (Å²) in [4.78, 5) is 25.2. The fourth-order valence-electron chi connectivity index (χ4n) is 3.38. The van der Waals surface area contributed by atoms with Gasteiger partial charge in [0.1, 0.15) is 11.9 Å². The van der Waals surface area contributed by atoms with Crippen LogP contribution in [-0.4, -0.2) is 83.7 Å². The first kappa shape index (κ1) is 20.9. The summed E-state index contributed by atoms with van der Waals surface area (Å²) in [6.45, 7) is 7.38. The lowest BCUT2D eigenvalue weighted by Gasteiger charge is -2.37. The second kappa shape index (κ2) is 10.1. The number of ether oxygens (including phenoxy) is 1. The van der Waals surface area contributed by atoms with Crippen molar-refractivity contribution >= 4 is 35.8 Å². The van der Waals surface area contributed by atoms with Crippen LogP contribution < -0.4 is 5.32 Å². The molecular formula is C17H29IN6O2. The third-order valence-corrected chi connectivity index (χ3v) is 4.87. The van der Waals surface area contributed by atoms with Crippen LogP contribution in [0.4, 0.5) is 0 Å². The lowest BCUT2D eigenvalue weighted by atomic mass is 10.2. The number of nitrogens with one attached hydrogen (secondary N) is 1. The number of aliphatic imine (C=N–C) groups is 1. The number of hydrogen-bond donors (Lipinski definition) is 1. The molecule has 2 aliphatic heterocycles. The number of amides is 1. The summed E-state index contributed by atoms with van der Waals surface area (Å²) in [7, 11) is 1.80. The molecule has 2 aliphatic rings. The first-order chi connectivity index (χ1) is 12.2. The number of guanidine groups is 1. The second-order valence-electron chi connectivity index (χ2n) is 6.46. The first-order valence-corrected chi connectivity index (χ1v) is 9.03. The topological polar surface area (TPSA) is 75.0 Å². The van der Waals surface area contributed by atoms with Gasteiger partial charge in [0.05, 0.1) is 0 Å². The van der Waals surface area contributed by atoms with Crippen molar-refractivity contribution in [2.75, 3.05) is 46.4 Å². The van der Waals surface area contributed by atoms with Crippen molar-refractivity contribution in [3.8, 4) is 0 Å². The number of carbonyl (C=O) groups excluding carboxylic acids is 1. The first-order valence-electron chi connectivity index (χ1n) is 9.03. The minimum atomic E-state index is -0.220. The van der Waals surface area contributed by atoms with Crippen LogP contribution >= 0.6 is 24.0 Å². The van der Waals surface area contributed by atoms with Crippen LogP contribution in [0.3, 0.4) is 0 Å². The smallest absolute Gasteiger partial charge is 0.251 e. The van der Waals surface area contributed by atoms with E-state index in [4.69, 9.17) is 4.74 Å². The van der Waals surface area contributed by atoms with Crippen molar-refractivity contribution in [3.05, 3.63) is 18.2 Å². The maximum atomic E-state index is 12.4. The molecule has 1 N–H and O–H groups in total. The Morgan fingerprint density at radius 3 is 2.65 bits per heavy atom. The standard InChI is InChI=1S/C17H28N6O2.HI/c1-14-19-5-7-21(14)8-6-20-17(18-2)23-11-9-22(10-12-23)16(24)15-4-3-13-25-15;/h5,7,15H,3-4,6,8-13H2,1-2H3,(H,18,20);1H. The highest BCUT2D eigenvalue weighted by Gasteiger charge is 2.30. The van der Waals surface area contributed by atoms with Crippen LogP contribution in [0.2, 0.25) is 0 Å². The number of imidazole rings is 1. The zero-order chi connectivity index (χ0) is 17.6. The lowest BCUT2D eigenvalue weighted by Crippen LogP contribution is -2.55. The van der Waals surface area contributed by atoms with E-state index in [1.54, 1.807) is 7.05 Å². The SMILES string of the molecule is CN=C(NCCn1ccnc1C)N1CCN(C(=O)C2CCCO2)CC1.I. The van der Waals surface area contributed by atoms with Gasteiger partial charge in [0.15, 0.2) is 5.96 Å². The average molecular weight is 476 g/mol. The van der Waals surface area contributed by atoms with Gasteiger partial charge in [-0.15, -0.1) is 24.0 Å². The molecule has 1 unspecified atom stereocenters. The highest BCUT2D eigenvalue weighted by molar-refractivity contribution is 14.0. The van der Waals surface area contributed by atoms with Crippen molar-refractivity contribution in [2.24, 2.45) is 4.99 Å². The normalized spacial score (nSPS) is 20.8. The Morgan fingerprint density at radius 1 is 1.35 bits per heavy atom. The number of rotatable bonds is 4. The molecule has 9 heteroatoms. The molecule has 1 aromatic rings. The Kier molecular flexibility index (Phi) is 8.14. The summed E-state index contributed by atoms with van der Waals surface area (Å²) in [6, 6.07) is 0. The van der Waals surface area contributed by atoms with Crippen LogP contribution in [0, 0.1) is 6.92 Å². The van der Waals surface area contributed by atoms with Crippen molar-refractivity contribution in [2.45, 2.75) is 32.4 Å². The summed E-state index contributed by atoms with van der Waals surface area (Å²) >= 11 is 0. The molecule has 26 heavy (non-hydrogen) atoms. The Balaban J connectivity index is 0.00000243. The van der Waals surface area contributed by atoms with Crippen LogP contribution in [-0.2, 0) is 16.1 Å². The van der Waals surface area contributed by atoms with Crippen LogP contribution in [0.5, 0.6) is 0 Å². The van der Waals surface area contributed by atoms with Crippen LogP contribution in [0.1, 0.15) is 18.7 Å². The molecule has 0 radical (unpaired) electrons. The van der Waals surface area contributed by atoms with E-state index in [2.05, 4.69) is 24.8 Å². The molecule has 3 rings (SSSR count). The Bertz CT molecular complexity index is 606. The molecule has 146 valence electrons. The summed E-state index contributed by atoms with van der Waals surface area (Å²) < 4.78 is 7.62. The minimum absolute atomic E-state index is 0.